The zero-order chi connectivity index (χ0) is 22.4. The number of fused-ring (bicyclic) bond motifs is 3. The standard InChI is InChI=1S/C21H30N4O6.Gd/c26-19(27)12-23-8-9-24(13-20(28)29)17-6-1-2-7-18(17)25(14-21(30)31)11-16-5-3-4-15(10-23)22-16;/h3-5,17-18H,1-2,6-14H2,(H,26,27)(H,28,29)(H,30,31);/p-3. The molecule has 1 aliphatic carbocycles. The maximum atomic E-state index is 11.5. The van der Waals surface area contributed by atoms with E-state index in [2.05, 4.69) is 4.98 Å². The van der Waals surface area contributed by atoms with Gasteiger partial charge in [0.15, 0.2) is 0 Å². The summed E-state index contributed by atoms with van der Waals surface area (Å²) in [6.45, 7) is 0.276. The number of nitrogens with zero attached hydrogens (tertiary/aromatic N) is 4. The summed E-state index contributed by atoms with van der Waals surface area (Å²) in [6.07, 6.45) is 3.26. The van der Waals surface area contributed by atoms with Crippen molar-refractivity contribution in [2.75, 3.05) is 32.7 Å². The number of rotatable bonds is 6. The van der Waals surface area contributed by atoms with Crippen molar-refractivity contribution in [3.63, 3.8) is 0 Å². The summed E-state index contributed by atoms with van der Waals surface area (Å²) in [5.74, 6) is -3.63. The SMILES string of the molecule is O=C([O-])CN1CCN(CC(=O)[O-])C2CCCCC2N(CC(=O)[O-])Cc2cccc(n2)C1.[Gd]. The number of hydrogen-bond acceptors (Lipinski definition) is 10. The third-order valence-electron chi connectivity index (χ3n) is 5.97. The van der Waals surface area contributed by atoms with Crippen molar-refractivity contribution in [1.82, 2.24) is 19.7 Å². The molecule has 2 heterocycles. The molecule has 1 aromatic rings. The Balaban J connectivity index is 0.00000363. The second-order valence-corrected chi connectivity index (χ2v) is 8.24. The van der Waals surface area contributed by atoms with Crippen molar-refractivity contribution in [2.45, 2.75) is 50.9 Å². The maximum Gasteiger partial charge on any atom is 0.0555 e. The van der Waals surface area contributed by atoms with Crippen LogP contribution in [0.2, 0.25) is 0 Å². The minimum absolute atomic E-state index is 0. The van der Waals surface area contributed by atoms with Crippen molar-refractivity contribution in [2.24, 2.45) is 0 Å². The molecule has 0 spiro atoms. The van der Waals surface area contributed by atoms with Crippen LogP contribution >= 0.6 is 0 Å². The normalized spacial score (nSPS) is 23.1. The number of carbonyl (C=O) groups is 3. The average Bonchev–Trinajstić information content (AvgIpc) is 2.69. The molecule has 0 N–H and O–H groups in total. The van der Waals surface area contributed by atoms with Crippen LogP contribution in [0.15, 0.2) is 18.2 Å². The van der Waals surface area contributed by atoms with Crippen molar-refractivity contribution < 1.29 is 69.6 Å². The molecule has 10 nitrogen and oxygen atoms in total. The van der Waals surface area contributed by atoms with Gasteiger partial charge < -0.3 is 29.7 Å². The van der Waals surface area contributed by atoms with Crippen LogP contribution in [0, 0.1) is 39.9 Å². The molecule has 3 rings (SSSR count). The summed E-state index contributed by atoms with van der Waals surface area (Å²) < 4.78 is 0. The number of pyridine rings is 1. The average molecular weight is 589 g/mol. The van der Waals surface area contributed by atoms with Gasteiger partial charge in [-0.05, 0) is 25.0 Å². The van der Waals surface area contributed by atoms with E-state index in [0.29, 0.717) is 24.5 Å². The summed E-state index contributed by atoms with van der Waals surface area (Å²) in [5, 5.41) is 34.2. The Labute approximate surface area is 219 Å². The van der Waals surface area contributed by atoms with Gasteiger partial charge in [0.1, 0.15) is 0 Å². The Morgan fingerprint density at radius 3 is 1.94 bits per heavy atom. The Morgan fingerprint density at radius 2 is 1.34 bits per heavy atom. The van der Waals surface area contributed by atoms with Crippen molar-refractivity contribution in [3.8, 4) is 0 Å². The van der Waals surface area contributed by atoms with Gasteiger partial charge in [-0.1, -0.05) is 18.9 Å². The van der Waals surface area contributed by atoms with Crippen LogP contribution in [-0.2, 0) is 27.5 Å². The molecule has 178 valence electrons. The first-order valence-corrected chi connectivity index (χ1v) is 10.6. The predicted octanol–water partition coefficient (Wildman–Crippen LogP) is -3.44. The van der Waals surface area contributed by atoms with Gasteiger partial charge in [0.2, 0.25) is 0 Å². The van der Waals surface area contributed by atoms with Crippen LogP contribution in [0.3, 0.4) is 0 Å². The Morgan fingerprint density at radius 1 is 0.812 bits per heavy atom. The van der Waals surface area contributed by atoms with E-state index in [-0.39, 0.29) is 84.7 Å². The molecule has 11 heteroatoms. The summed E-state index contributed by atoms with van der Waals surface area (Å²) >= 11 is 0. The molecule has 1 saturated carbocycles. The Hall–Kier alpha value is -1.24. The molecule has 0 aromatic carbocycles. The summed E-state index contributed by atoms with van der Waals surface area (Å²) in [6, 6.07) is 5.02. The molecule has 0 saturated heterocycles. The van der Waals surface area contributed by atoms with Crippen molar-refractivity contribution in [3.05, 3.63) is 29.6 Å². The van der Waals surface area contributed by atoms with Crippen LogP contribution < -0.4 is 15.3 Å². The number of aliphatic carboxylic acids is 3. The van der Waals surface area contributed by atoms with Crippen LogP contribution in [0.1, 0.15) is 37.1 Å². The van der Waals surface area contributed by atoms with Gasteiger partial charge in [0.25, 0.3) is 0 Å². The number of carbonyl (C=O) groups excluding carboxylic acids is 3. The summed E-state index contributed by atoms with van der Waals surface area (Å²) in [5.41, 5.74) is 1.32. The van der Waals surface area contributed by atoms with Gasteiger partial charge in [0, 0.05) is 97.8 Å². The molecule has 1 aliphatic heterocycles. The van der Waals surface area contributed by atoms with E-state index in [4.69, 9.17) is 0 Å². The second-order valence-electron chi connectivity index (χ2n) is 8.24. The molecule has 0 radical (unpaired) electrons. The van der Waals surface area contributed by atoms with Crippen LogP contribution in [-0.4, -0.2) is 82.4 Å². The first-order chi connectivity index (χ1) is 14.8. The van der Waals surface area contributed by atoms with Crippen LogP contribution in [0.4, 0.5) is 0 Å². The fourth-order valence-electron chi connectivity index (χ4n) is 4.74. The number of carboxylic acid groups (broad SMARTS) is 3. The van der Waals surface area contributed by atoms with Gasteiger partial charge in [-0.25, -0.2) is 0 Å². The molecule has 2 aliphatic rings. The van der Waals surface area contributed by atoms with E-state index in [0.717, 1.165) is 25.7 Å². The quantitative estimate of drug-likeness (QED) is 0.329. The van der Waals surface area contributed by atoms with Gasteiger partial charge in [-0.15, -0.1) is 0 Å². The molecule has 0 amide bonds. The summed E-state index contributed by atoms with van der Waals surface area (Å²) in [4.78, 5) is 44.1. The van der Waals surface area contributed by atoms with E-state index in [1.54, 1.807) is 21.9 Å². The maximum absolute atomic E-state index is 11.5. The van der Waals surface area contributed by atoms with E-state index >= 15 is 0 Å². The number of carboxylic acids is 3. The Bertz CT molecular complexity index is 810. The smallest absolute Gasteiger partial charge is 0.0555 e. The third-order valence-corrected chi connectivity index (χ3v) is 5.97. The largest absolute Gasteiger partial charge is 0.549 e. The van der Waals surface area contributed by atoms with Crippen molar-refractivity contribution >= 4 is 17.9 Å². The van der Waals surface area contributed by atoms with Crippen LogP contribution in [0.5, 0.6) is 0 Å². The first kappa shape index (κ1) is 27.0. The van der Waals surface area contributed by atoms with E-state index in [1.807, 2.05) is 11.0 Å². The number of hydrogen-bond donors (Lipinski definition) is 0. The predicted molar refractivity (Wildman–Crippen MR) is 103 cm³/mol. The van der Waals surface area contributed by atoms with Gasteiger partial charge in [0.05, 0.1) is 29.3 Å². The van der Waals surface area contributed by atoms with Gasteiger partial charge in [-0.2, -0.15) is 0 Å². The second kappa shape index (κ2) is 12.9. The third kappa shape index (κ3) is 7.96. The monoisotopic (exact) mass is 589 g/mol. The molecule has 1 aromatic heterocycles. The molecule has 2 unspecified atom stereocenters. The fourth-order valence-corrected chi connectivity index (χ4v) is 4.74. The Kier molecular flexibility index (Phi) is 10.9. The molecule has 2 bridgehead atoms. The molecule has 1 fully saturated rings. The van der Waals surface area contributed by atoms with E-state index < -0.39 is 17.9 Å². The van der Waals surface area contributed by atoms with Crippen LogP contribution in [0.25, 0.3) is 0 Å². The topological polar surface area (TPSA) is 143 Å². The molecular formula is C21H27GdN4O6-3. The van der Waals surface area contributed by atoms with Gasteiger partial charge >= 0.3 is 0 Å². The number of aromatic nitrogens is 1. The molecular weight excluding hydrogens is 562 g/mol. The zero-order valence-corrected chi connectivity index (χ0v) is 20.0. The van der Waals surface area contributed by atoms with Crippen molar-refractivity contribution in [1.29, 1.82) is 0 Å². The van der Waals surface area contributed by atoms with E-state index in [9.17, 15) is 29.7 Å². The zero-order valence-electron chi connectivity index (χ0n) is 17.8. The summed E-state index contributed by atoms with van der Waals surface area (Å²) in [7, 11) is 0. The minimum atomic E-state index is -1.22. The van der Waals surface area contributed by atoms with E-state index in [1.165, 1.54) is 0 Å². The fraction of sp³-hybridized carbons (Fsp3) is 0.619. The molecule has 2 atom stereocenters. The minimum Gasteiger partial charge on any atom is -0.549 e. The first-order valence-electron chi connectivity index (χ1n) is 10.6. The van der Waals surface area contributed by atoms with Gasteiger partial charge in [-0.3, -0.25) is 19.7 Å². The molecule has 32 heavy (non-hydrogen) atoms.